The molecule has 2 fully saturated rings. The van der Waals surface area contributed by atoms with Crippen molar-refractivity contribution in [2.75, 3.05) is 23.8 Å². The van der Waals surface area contributed by atoms with Crippen LogP contribution in [0.15, 0.2) is 24.3 Å². The molecule has 28 heavy (non-hydrogen) atoms. The number of nitrogens with zero attached hydrogens (tertiary/aromatic N) is 2. The van der Waals surface area contributed by atoms with Gasteiger partial charge in [-0.1, -0.05) is 30.6 Å². The molecule has 2 aliphatic rings. The molecule has 1 atom stereocenters. The molecule has 0 bridgehead atoms. The van der Waals surface area contributed by atoms with Crippen LogP contribution in [-0.2, 0) is 4.74 Å². The van der Waals surface area contributed by atoms with Gasteiger partial charge in [0.25, 0.3) is 0 Å². The number of anilines is 2. The van der Waals surface area contributed by atoms with Gasteiger partial charge in [0.05, 0.1) is 6.10 Å². The molecule has 1 aliphatic carbocycles. The van der Waals surface area contributed by atoms with Gasteiger partial charge in [-0.3, -0.25) is 5.32 Å². The number of rotatable bonds is 6. The Morgan fingerprint density at radius 2 is 1.89 bits per heavy atom. The minimum Gasteiger partial charge on any atom is -0.491 e. The first-order valence-electron chi connectivity index (χ1n) is 10.0. The van der Waals surface area contributed by atoms with Gasteiger partial charge in [0.1, 0.15) is 17.4 Å². The third-order valence-corrected chi connectivity index (χ3v) is 6.19. The molecule has 150 valence electrons. The van der Waals surface area contributed by atoms with E-state index in [0.29, 0.717) is 23.3 Å². The predicted octanol–water partition coefficient (Wildman–Crippen LogP) is 4.79. The van der Waals surface area contributed by atoms with Crippen LogP contribution >= 0.6 is 11.3 Å². The van der Waals surface area contributed by atoms with Crippen LogP contribution in [-0.4, -0.2) is 35.5 Å². The lowest BCUT2D eigenvalue weighted by Crippen LogP contribution is -2.19. The monoisotopic (exact) mass is 402 g/mol. The molecule has 1 unspecified atom stereocenters. The second-order valence-corrected chi connectivity index (χ2v) is 8.34. The highest BCUT2D eigenvalue weighted by atomic mass is 32.1. The maximum absolute atomic E-state index is 12.2. The Bertz CT molecular complexity index is 768. The SMILES string of the molecule is O=C(Nc1ccc(OCC2CCCO2)cc1)Nc1nnc(C2CCCCC2)s1. The van der Waals surface area contributed by atoms with Crippen molar-refractivity contribution in [3.8, 4) is 5.75 Å². The van der Waals surface area contributed by atoms with Gasteiger partial charge in [0.2, 0.25) is 5.13 Å². The number of amides is 2. The first-order valence-corrected chi connectivity index (χ1v) is 10.8. The van der Waals surface area contributed by atoms with Gasteiger partial charge in [0, 0.05) is 18.2 Å². The zero-order chi connectivity index (χ0) is 19.2. The molecule has 1 aromatic heterocycles. The van der Waals surface area contributed by atoms with Crippen LogP contribution in [0.2, 0.25) is 0 Å². The fraction of sp³-hybridized carbons (Fsp3) is 0.550. The molecule has 4 rings (SSSR count). The molecule has 2 heterocycles. The van der Waals surface area contributed by atoms with Gasteiger partial charge in [-0.2, -0.15) is 0 Å². The van der Waals surface area contributed by atoms with Crippen LogP contribution < -0.4 is 15.4 Å². The van der Waals surface area contributed by atoms with E-state index in [1.165, 1.54) is 43.4 Å². The van der Waals surface area contributed by atoms with Crippen molar-refractivity contribution in [1.29, 1.82) is 0 Å². The summed E-state index contributed by atoms with van der Waals surface area (Å²) >= 11 is 1.47. The molecule has 8 heteroatoms. The second kappa shape index (κ2) is 9.34. The third kappa shape index (κ3) is 5.20. The molecule has 2 N–H and O–H groups in total. The summed E-state index contributed by atoms with van der Waals surface area (Å²) in [6, 6.07) is 7.00. The Morgan fingerprint density at radius 3 is 2.64 bits per heavy atom. The average Bonchev–Trinajstić information content (AvgIpc) is 3.40. The summed E-state index contributed by atoms with van der Waals surface area (Å²) in [4.78, 5) is 12.2. The summed E-state index contributed by atoms with van der Waals surface area (Å²) in [7, 11) is 0. The highest BCUT2D eigenvalue weighted by Crippen LogP contribution is 2.35. The van der Waals surface area contributed by atoms with Gasteiger partial charge in [-0.05, 0) is 49.9 Å². The topological polar surface area (TPSA) is 85.4 Å². The van der Waals surface area contributed by atoms with Gasteiger partial charge in [-0.25, -0.2) is 4.79 Å². The zero-order valence-corrected chi connectivity index (χ0v) is 16.7. The summed E-state index contributed by atoms with van der Waals surface area (Å²) in [6.07, 6.45) is 8.48. The molecule has 0 radical (unpaired) electrons. The Balaban J connectivity index is 1.24. The Labute approximate surface area is 168 Å². The van der Waals surface area contributed by atoms with E-state index in [4.69, 9.17) is 9.47 Å². The highest BCUT2D eigenvalue weighted by Gasteiger charge is 2.20. The minimum absolute atomic E-state index is 0.189. The van der Waals surface area contributed by atoms with Crippen LogP contribution in [0.3, 0.4) is 0 Å². The Morgan fingerprint density at radius 1 is 1.07 bits per heavy atom. The molecular formula is C20H26N4O3S. The molecule has 7 nitrogen and oxygen atoms in total. The standard InChI is InChI=1S/C20H26N4O3S/c25-19(22-20-24-23-18(28-20)14-5-2-1-3-6-14)21-15-8-10-16(11-9-15)27-13-17-7-4-12-26-17/h8-11,14,17H,1-7,12-13H2,(H2,21,22,24,25). The summed E-state index contributed by atoms with van der Waals surface area (Å²) in [6.45, 7) is 1.39. The van der Waals surface area contributed by atoms with Crippen molar-refractivity contribution in [1.82, 2.24) is 10.2 Å². The quantitative estimate of drug-likeness (QED) is 0.726. The number of hydrogen-bond donors (Lipinski definition) is 2. The summed E-state index contributed by atoms with van der Waals surface area (Å²) in [5.41, 5.74) is 0.694. The first kappa shape index (κ1) is 19.1. The van der Waals surface area contributed by atoms with Gasteiger partial charge in [0.15, 0.2) is 0 Å². The summed E-state index contributed by atoms with van der Waals surface area (Å²) < 4.78 is 11.3. The van der Waals surface area contributed by atoms with E-state index < -0.39 is 0 Å². The fourth-order valence-corrected chi connectivity index (χ4v) is 4.57. The lowest BCUT2D eigenvalue weighted by Gasteiger charge is -2.18. The molecule has 1 aromatic carbocycles. The smallest absolute Gasteiger partial charge is 0.325 e. The lowest BCUT2D eigenvalue weighted by atomic mass is 9.90. The van der Waals surface area contributed by atoms with E-state index in [0.717, 1.165) is 30.2 Å². The fourth-order valence-electron chi connectivity index (χ4n) is 3.66. The minimum atomic E-state index is -0.320. The number of ether oxygens (including phenoxy) is 2. The number of nitrogens with one attached hydrogen (secondary N) is 2. The number of carbonyl (C=O) groups excluding carboxylic acids is 1. The number of urea groups is 1. The maximum Gasteiger partial charge on any atom is 0.325 e. The Hall–Kier alpha value is -2.19. The molecule has 1 aliphatic heterocycles. The van der Waals surface area contributed by atoms with Crippen molar-refractivity contribution in [2.24, 2.45) is 0 Å². The molecule has 1 saturated heterocycles. The van der Waals surface area contributed by atoms with Crippen LogP contribution in [0.25, 0.3) is 0 Å². The molecular weight excluding hydrogens is 376 g/mol. The van der Waals surface area contributed by atoms with E-state index in [1.54, 1.807) is 0 Å². The normalized spacial score (nSPS) is 20.1. The van der Waals surface area contributed by atoms with E-state index in [2.05, 4.69) is 20.8 Å². The van der Waals surface area contributed by atoms with Crippen molar-refractivity contribution in [2.45, 2.75) is 57.0 Å². The number of aromatic nitrogens is 2. The molecule has 0 spiro atoms. The maximum atomic E-state index is 12.2. The van der Waals surface area contributed by atoms with E-state index >= 15 is 0 Å². The average molecular weight is 403 g/mol. The van der Waals surface area contributed by atoms with Crippen molar-refractivity contribution >= 4 is 28.2 Å². The van der Waals surface area contributed by atoms with Crippen LogP contribution in [0, 0.1) is 0 Å². The van der Waals surface area contributed by atoms with E-state index in [-0.39, 0.29) is 12.1 Å². The van der Waals surface area contributed by atoms with Gasteiger partial charge >= 0.3 is 6.03 Å². The zero-order valence-electron chi connectivity index (χ0n) is 15.9. The number of carbonyl (C=O) groups is 1. The van der Waals surface area contributed by atoms with Crippen LogP contribution in [0.1, 0.15) is 55.9 Å². The van der Waals surface area contributed by atoms with E-state index in [9.17, 15) is 4.79 Å². The van der Waals surface area contributed by atoms with Crippen LogP contribution in [0.5, 0.6) is 5.75 Å². The second-order valence-electron chi connectivity index (χ2n) is 7.33. The molecule has 2 amide bonds. The van der Waals surface area contributed by atoms with Crippen molar-refractivity contribution in [3.05, 3.63) is 29.3 Å². The van der Waals surface area contributed by atoms with Crippen molar-refractivity contribution in [3.63, 3.8) is 0 Å². The third-order valence-electron chi connectivity index (χ3n) is 5.19. The predicted molar refractivity (Wildman–Crippen MR) is 109 cm³/mol. The van der Waals surface area contributed by atoms with Crippen LogP contribution in [0.4, 0.5) is 15.6 Å². The van der Waals surface area contributed by atoms with Gasteiger partial charge in [-0.15, -0.1) is 10.2 Å². The number of benzene rings is 1. The van der Waals surface area contributed by atoms with E-state index in [1.807, 2.05) is 24.3 Å². The lowest BCUT2D eigenvalue weighted by molar-refractivity contribution is 0.0679. The molecule has 2 aromatic rings. The largest absolute Gasteiger partial charge is 0.491 e. The first-order chi connectivity index (χ1) is 13.8. The number of hydrogen-bond acceptors (Lipinski definition) is 6. The van der Waals surface area contributed by atoms with Gasteiger partial charge < -0.3 is 14.8 Å². The van der Waals surface area contributed by atoms with Crippen molar-refractivity contribution < 1.29 is 14.3 Å². The molecule has 1 saturated carbocycles. The summed E-state index contributed by atoms with van der Waals surface area (Å²) in [5.74, 6) is 1.26. The Kier molecular flexibility index (Phi) is 6.38. The highest BCUT2D eigenvalue weighted by molar-refractivity contribution is 7.15. The summed E-state index contributed by atoms with van der Waals surface area (Å²) in [5, 5.41) is 15.5.